The number of allylic oxidation sites excluding steroid dienone is 1. The smallest absolute Gasteiger partial charge is 0.0379 e. The lowest BCUT2D eigenvalue weighted by Gasteiger charge is -2.21. The average Bonchev–Trinajstić information content (AvgIpc) is 2.77. The molecule has 0 aromatic heterocycles. The first kappa shape index (κ1) is 13.7. The molecule has 2 rings (SSSR count). The number of nitrogens with one attached hydrogen (secondary N) is 1. The Morgan fingerprint density at radius 1 is 1.44 bits per heavy atom. The Morgan fingerprint density at radius 2 is 2.22 bits per heavy atom. The fourth-order valence-electron chi connectivity index (χ4n) is 2.38. The molecule has 1 nitrogen and oxygen atoms in total. The van der Waals surface area contributed by atoms with Crippen LogP contribution in [0.1, 0.15) is 32.8 Å². The van der Waals surface area contributed by atoms with E-state index >= 15 is 0 Å². The second kappa shape index (κ2) is 6.44. The maximum atomic E-state index is 3.68. The van der Waals surface area contributed by atoms with Crippen LogP contribution in [0, 0.1) is 0 Å². The molecule has 1 aromatic rings. The van der Waals surface area contributed by atoms with Crippen LogP contribution >= 0.6 is 11.8 Å². The van der Waals surface area contributed by atoms with Crippen LogP contribution in [0.5, 0.6) is 0 Å². The summed E-state index contributed by atoms with van der Waals surface area (Å²) in [5, 5.41) is 4.32. The van der Waals surface area contributed by atoms with Gasteiger partial charge in [-0.05, 0) is 44.9 Å². The third-order valence-corrected chi connectivity index (χ3v) is 4.63. The standard InChI is InChI=1S/C16H23NS/c1-4-9-17-14(10-12(2)3)16-11-13-7-5-6-8-15(13)18-16/h5-8,10,14,16-17H,4,9,11H2,1-3H3. The number of benzene rings is 1. The van der Waals surface area contributed by atoms with E-state index in [9.17, 15) is 0 Å². The maximum absolute atomic E-state index is 3.68. The molecule has 0 radical (unpaired) electrons. The van der Waals surface area contributed by atoms with E-state index in [1.54, 1.807) is 0 Å². The van der Waals surface area contributed by atoms with Gasteiger partial charge in [-0.1, -0.05) is 36.8 Å². The van der Waals surface area contributed by atoms with Gasteiger partial charge in [0.15, 0.2) is 0 Å². The second-order valence-corrected chi connectivity index (χ2v) is 6.47. The second-order valence-electron chi connectivity index (χ2n) is 5.19. The van der Waals surface area contributed by atoms with Crippen molar-refractivity contribution in [1.29, 1.82) is 0 Å². The quantitative estimate of drug-likeness (QED) is 0.803. The average molecular weight is 261 g/mol. The molecule has 0 aliphatic carbocycles. The van der Waals surface area contributed by atoms with Gasteiger partial charge in [-0.2, -0.15) is 0 Å². The van der Waals surface area contributed by atoms with E-state index in [4.69, 9.17) is 0 Å². The summed E-state index contributed by atoms with van der Waals surface area (Å²) in [7, 11) is 0. The molecule has 0 spiro atoms. The molecule has 0 amide bonds. The molecule has 2 atom stereocenters. The van der Waals surface area contributed by atoms with Gasteiger partial charge in [-0.25, -0.2) is 0 Å². The van der Waals surface area contributed by atoms with Gasteiger partial charge < -0.3 is 5.32 Å². The number of hydrogen-bond donors (Lipinski definition) is 1. The van der Waals surface area contributed by atoms with Gasteiger partial charge in [0.2, 0.25) is 0 Å². The van der Waals surface area contributed by atoms with Crippen molar-refractivity contribution in [2.24, 2.45) is 0 Å². The zero-order valence-electron chi connectivity index (χ0n) is 11.6. The van der Waals surface area contributed by atoms with Crippen molar-refractivity contribution in [3.8, 4) is 0 Å². The molecular formula is C16H23NS. The minimum absolute atomic E-state index is 0.493. The molecule has 98 valence electrons. The predicted octanol–water partition coefficient (Wildman–Crippen LogP) is 4.04. The Bertz CT molecular complexity index is 396. The lowest BCUT2D eigenvalue weighted by atomic mass is 10.0. The van der Waals surface area contributed by atoms with Gasteiger partial charge in [0.25, 0.3) is 0 Å². The van der Waals surface area contributed by atoms with Crippen molar-refractivity contribution in [2.45, 2.75) is 49.8 Å². The lowest BCUT2D eigenvalue weighted by Crippen LogP contribution is -2.37. The van der Waals surface area contributed by atoms with Crippen LogP contribution in [0.15, 0.2) is 40.8 Å². The fraction of sp³-hybridized carbons (Fsp3) is 0.500. The highest BCUT2D eigenvalue weighted by molar-refractivity contribution is 8.00. The van der Waals surface area contributed by atoms with Gasteiger partial charge in [0.05, 0.1) is 0 Å². The predicted molar refractivity (Wildman–Crippen MR) is 81.3 cm³/mol. The highest BCUT2D eigenvalue weighted by atomic mass is 32.2. The Balaban J connectivity index is 2.07. The number of rotatable bonds is 5. The molecule has 1 N–H and O–H groups in total. The van der Waals surface area contributed by atoms with Crippen LogP contribution in [0.25, 0.3) is 0 Å². The molecule has 1 aliphatic rings. The lowest BCUT2D eigenvalue weighted by molar-refractivity contribution is 0.565. The van der Waals surface area contributed by atoms with Crippen LogP contribution in [0.4, 0.5) is 0 Å². The summed E-state index contributed by atoms with van der Waals surface area (Å²) in [6.07, 6.45) is 4.77. The van der Waals surface area contributed by atoms with E-state index in [0.717, 1.165) is 6.54 Å². The summed E-state index contributed by atoms with van der Waals surface area (Å²) in [6, 6.07) is 9.30. The van der Waals surface area contributed by atoms with Gasteiger partial charge in [0.1, 0.15) is 0 Å². The normalized spacial score (nSPS) is 19.4. The Kier molecular flexibility index (Phi) is 4.90. The summed E-state index contributed by atoms with van der Waals surface area (Å²) in [5.41, 5.74) is 2.91. The van der Waals surface area contributed by atoms with Crippen molar-refractivity contribution in [1.82, 2.24) is 5.32 Å². The first-order chi connectivity index (χ1) is 8.70. The third-order valence-electron chi connectivity index (χ3n) is 3.22. The van der Waals surface area contributed by atoms with Crippen LogP contribution in [0.3, 0.4) is 0 Å². The van der Waals surface area contributed by atoms with Gasteiger partial charge in [-0.3, -0.25) is 0 Å². The van der Waals surface area contributed by atoms with Crippen molar-refractivity contribution in [3.05, 3.63) is 41.5 Å². The SMILES string of the molecule is CCCNC(C=C(C)C)C1Cc2ccccc2S1. The molecule has 2 heteroatoms. The number of fused-ring (bicyclic) bond motifs is 1. The van der Waals surface area contributed by atoms with Crippen LogP contribution in [-0.4, -0.2) is 17.8 Å². The van der Waals surface area contributed by atoms with E-state index in [1.165, 1.54) is 28.9 Å². The Hall–Kier alpha value is -0.730. The first-order valence-corrected chi connectivity index (χ1v) is 7.71. The van der Waals surface area contributed by atoms with Crippen molar-refractivity contribution >= 4 is 11.8 Å². The molecule has 1 aromatic carbocycles. The van der Waals surface area contributed by atoms with Crippen molar-refractivity contribution in [3.63, 3.8) is 0 Å². The Labute approximate surface area is 115 Å². The van der Waals surface area contributed by atoms with Crippen molar-refractivity contribution < 1.29 is 0 Å². The summed E-state index contributed by atoms with van der Waals surface area (Å²) in [4.78, 5) is 1.47. The van der Waals surface area contributed by atoms with E-state index in [-0.39, 0.29) is 0 Å². The fourth-order valence-corrected chi connectivity index (χ4v) is 3.75. The van der Waals surface area contributed by atoms with Gasteiger partial charge in [-0.15, -0.1) is 11.8 Å². The van der Waals surface area contributed by atoms with E-state index in [0.29, 0.717) is 11.3 Å². The summed E-state index contributed by atoms with van der Waals surface area (Å²) < 4.78 is 0. The monoisotopic (exact) mass is 261 g/mol. The summed E-state index contributed by atoms with van der Waals surface area (Å²) in [6.45, 7) is 7.70. The topological polar surface area (TPSA) is 12.0 Å². The highest BCUT2D eigenvalue weighted by Crippen LogP contribution is 2.38. The van der Waals surface area contributed by atoms with E-state index in [2.05, 4.69) is 56.4 Å². The van der Waals surface area contributed by atoms with Crippen molar-refractivity contribution in [2.75, 3.05) is 6.54 Å². The van der Waals surface area contributed by atoms with E-state index < -0.39 is 0 Å². The zero-order valence-corrected chi connectivity index (χ0v) is 12.4. The van der Waals surface area contributed by atoms with Crippen LogP contribution in [0.2, 0.25) is 0 Å². The molecule has 1 aliphatic heterocycles. The molecule has 1 heterocycles. The molecule has 0 fully saturated rings. The van der Waals surface area contributed by atoms with Gasteiger partial charge >= 0.3 is 0 Å². The Morgan fingerprint density at radius 3 is 2.89 bits per heavy atom. The molecular weight excluding hydrogens is 238 g/mol. The first-order valence-electron chi connectivity index (χ1n) is 6.83. The number of hydrogen-bond acceptors (Lipinski definition) is 2. The molecule has 0 saturated carbocycles. The third kappa shape index (κ3) is 3.39. The highest BCUT2D eigenvalue weighted by Gasteiger charge is 2.27. The minimum atomic E-state index is 0.493. The molecule has 0 bridgehead atoms. The maximum Gasteiger partial charge on any atom is 0.0379 e. The van der Waals surface area contributed by atoms with Gasteiger partial charge in [0, 0.05) is 16.2 Å². The molecule has 0 saturated heterocycles. The molecule has 2 unspecified atom stereocenters. The summed E-state index contributed by atoms with van der Waals surface area (Å²) >= 11 is 2.03. The largest absolute Gasteiger partial charge is 0.309 e. The van der Waals surface area contributed by atoms with Crippen LogP contribution < -0.4 is 5.32 Å². The zero-order chi connectivity index (χ0) is 13.0. The van der Waals surface area contributed by atoms with E-state index in [1.807, 2.05) is 11.8 Å². The minimum Gasteiger partial charge on any atom is -0.309 e. The van der Waals surface area contributed by atoms with Crippen LogP contribution in [-0.2, 0) is 6.42 Å². The number of thioether (sulfide) groups is 1. The summed E-state index contributed by atoms with van der Waals surface area (Å²) in [5.74, 6) is 0. The molecule has 18 heavy (non-hydrogen) atoms.